The number of carboxylic acid groups (broad SMARTS) is 3. The van der Waals surface area contributed by atoms with Crippen molar-refractivity contribution in [3.8, 4) is 5.75 Å². The van der Waals surface area contributed by atoms with E-state index < -0.39 is 24.1 Å². The van der Waals surface area contributed by atoms with Crippen molar-refractivity contribution in [3.63, 3.8) is 0 Å². The van der Waals surface area contributed by atoms with Gasteiger partial charge < -0.3 is 87.5 Å². The fourth-order valence-electron chi connectivity index (χ4n) is 6.85. The van der Waals surface area contributed by atoms with E-state index in [1.165, 1.54) is 24.3 Å². The van der Waals surface area contributed by atoms with Crippen LogP contribution in [0.4, 0.5) is 4.79 Å². The number of hydrogen-bond donors (Lipinski definition) is 5. The molecule has 1 saturated heterocycles. The van der Waals surface area contributed by atoms with Crippen LogP contribution in [0.5, 0.6) is 5.75 Å². The van der Waals surface area contributed by atoms with E-state index in [0.29, 0.717) is 144 Å². The lowest BCUT2D eigenvalue weighted by atomic mass is 10.2. The third-order valence-electron chi connectivity index (χ3n) is 10.8. The molecule has 5 N–H and O–H groups in total. The van der Waals surface area contributed by atoms with E-state index in [0.717, 1.165) is 0 Å². The van der Waals surface area contributed by atoms with Gasteiger partial charge in [-0.15, -0.1) is 0 Å². The van der Waals surface area contributed by atoms with Crippen LogP contribution < -0.4 is 15.4 Å². The van der Waals surface area contributed by atoms with Crippen LogP contribution in [0.2, 0.25) is 0 Å². The third kappa shape index (κ3) is 41.3. The first-order chi connectivity index (χ1) is 37.9. The molecular formula is C50H86N6O22. The molecule has 1 fully saturated rings. The number of benzene rings is 1. The van der Waals surface area contributed by atoms with Gasteiger partial charge in [-0.3, -0.25) is 43.6 Å². The summed E-state index contributed by atoms with van der Waals surface area (Å²) >= 11 is 0. The smallest absolute Gasteiger partial charge is 0.480 e. The summed E-state index contributed by atoms with van der Waals surface area (Å²) in [6.45, 7) is 13.1. The number of aliphatic carboxylic acids is 3. The monoisotopic (exact) mass is 1120 g/mol. The van der Waals surface area contributed by atoms with Crippen LogP contribution >= 0.6 is 0 Å². The molecule has 1 aromatic rings. The lowest BCUT2D eigenvalue weighted by Gasteiger charge is -2.32. The molecule has 0 unspecified atom stereocenters. The Bertz CT molecular complexity index is 1690. The van der Waals surface area contributed by atoms with Gasteiger partial charge in [0.2, 0.25) is 5.91 Å². The fourth-order valence-corrected chi connectivity index (χ4v) is 6.85. The van der Waals surface area contributed by atoms with Gasteiger partial charge in [0.25, 0.3) is 5.91 Å². The summed E-state index contributed by atoms with van der Waals surface area (Å²) < 4.78 is 70.1. The molecule has 0 aromatic heterocycles. The molecule has 0 atom stereocenters. The Kier molecular flexibility index (Phi) is 42.8. The second kappa shape index (κ2) is 48.2. The first-order valence-electron chi connectivity index (χ1n) is 26.3. The molecule has 0 spiro atoms. The van der Waals surface area contributed by atoms with E-state index in [4.69, 9.17) is 61.6 Å². The lowest BCUT2D eigenvalue weighted by Crippen LogP contribution is -2.50. The summed E-state index contributed by atoms with van der Waals surface area (Å²) in [4.78, 5) is 78.8. The third-order valence-corrected chi connectivity index (χ3v) is 10.8. The number of carbonyl (C=O) groups is 6. The van der Waals surface area contributed by atoms with Gasteiger partial charge in [-0.05, 0) is 31.2 Å². The molecule has 0 bridgehead atoms. The second-order valence-corrected chi connectivity index (χ2v) is 16.9. The maximum atomic E-state index is 12.8. The summed E-state index contributed by atoms with van der Waals surface area (Å²) in [7, 11) is 0. The van der Waals surface area contributed by atoms with Crippen molar-refractivity contribution < 1.29 is 106 Å². The van der Waals surface area contributed by atoms with Gasteiger partial charge in [0.05, 0.1) is 165 Å². The Morgan fingerprint density at radius 1 is 0.397 bits per heavy atom. The molecule has 2 rings (SSSR count). The largest absolute Gasteiger partial charge is 0.513 e. The molecule has 1 aromatic carbocycles. The molecule has 1 aliphatic heterocycles. The zero-order valence-electron chi connectivity index (χ0n) is 45.4. The van der Waals surface area contributed by atoms with Gasteiger partial charge in [-0.25, -0.2) is 4.79 Å². The van der Waals surface area contributed by atoms with Crippen LogP contribution in [0.3, 0.4) is 0 Å². The summed E-state index contributed by atoms with van der Waals surface area (Å²) in [6.07, 6.45) is -0.976. The molecule has 0 radical (unpaired) electrons. The lowest BCUT2D eigenvalue weighted by molar-refractivity contribution is -0.140. The Morgan fingerprint density at radius 2 is 0.692 bits per heavy atom. The Hall–Kier alpha value is -4.76. The van der Waals surface area contributed by atoms with E-state index in [-0.39, 0.29) is 123 Å². The molecule has 28 heteroatoms. The quantitative estimate of drug-likeness (QED) is 0.0289. The van der Waals surface area contributed by atoms with Crippen LogP contribution in [0.1, 0.15) is 17.3 Å². The highest BCUT2D eigenvalue weighted by molar-refractivity contribution is 5.94. The highest BCUT2D eigenvalue weighted by Crippen LogP contribution is 2.13. The van der Waals surface area contributed by atoms with E-state index >= 15 is 0 Å². The highest BCUT2D eigenvalue weighted by Gasteiger charge is 2.21. The molecule has 0 aliphatic carbocycles. The van der Waals surface area contributed by atoms with Crippen molar-refractivity contribution >= 4 is 35.9 Å². The number of carboxylic acids is 3. The van der Waals surface area contributed by atoms with Crippen LogP contribution in [-0.4, -0.2) is 314 Å². The number of rotatable bonds is 47. The molecule has 1 aliphatic rings. The molecule has 1 heterocycles. The number of ether oxygens (including phenoxy) is 13. The highest BCUT2D eigenvalue weighted by atomic mass is 16.7. The van der Waals surface area contributed by atoms with Crippen LogP contribution in [0.15, 0.2) is 24.3 Å². The van der Waals surface area contributed by atoms with Crippen molar-refractivity contribution in [3.05, 3.63) is 29.8 Å². The zero-order chi connectivity index (χ0) is 56.5. The van der Waals surface area contributed by atoms with E-state index in [1.54, 1.807) is 19.6 Å². The minimum atomic E-state index is -1.04. The van der Waals surface area contributed by atoms with Gasteiger partial charge in [-0.1, -0.05) is 0 Å². The van der Waals surface area contributed by atoms with E-state index in [1.807, 2.05) is 6.92 Å². The van der Waals surface area contributed by atoms with Gasteiger partial charge in [0.15, 0.2) is 0 Å². The summed E-state index contributed by atoms with van der Waals surface area (Å²) in [5.41, 5.74) is 0.346. The van der Waals surface area contributed by atoms with Crippen LogP contribution in [-0.2, 0) is 76.0 Å². The van der Waals surface area contributed by atoms with Crippen LogP contribution in [0, 0.1) is 0 Å². The first-order valence-corrected chi connectivity index (χ1v) is 26.3. The Morgan fingerprint density at radius 3 is 1.03 bits per heavy atom. The fraction of sp³-hybridized carbons (Fsp3) is 0.760. The minimum absolute atomic E-state index is 0.0168. The average molecular weight is 1120 g/mol. The van der Waals surface area contributed by atoms with Gasteiger partial charge in [0.1, 0.15) is 12.4 Å². The molecule has 78 heavy (non-hydrogen) atoms. The van der Waals surface area contributed by atoms with E-state index in [2.05, 4.69) is 10.6 Å². The maximum absolute atomic E-state index is 12.8. The number of carbonyl (C=O) groups excluding carboxylic acids is 3. The average Bonchev–Trinajstić information content (AvgIpc) is 3.40. The summed E-state index contributed by atoms with van der Waals surface area (Å²) in [6, 6.07) is 5.90. The van der Waals surface area contributed by atoms with Crippen molar-refractivity contribution in [2.45, 2.75) is 6.92 Å². The molecule has 448 valence electrons. The normalized spacial score (nSPS) is 14.3. The van der Waals surface area contributed by atoms with Crippen molar-refractivity contribution in [2.24, 2.45) is 0 Å². The molecule has 28 nitrogen and oxygen atoms in total. The number of nitrogens with one attached hydrogen (secondary N) is 2. The zero-order valence-corrected chi connectivity index (χ0v) is 45.4. The predicted octanol–water partition coefficient (Wildman–Crippen LogP) is -1.27. The summed E-state index contributed by atoms with van der Waals surface area (Å²) in [5, 5.41) is 33.7. The minimum Gasteiger partial charge on any atom is -0.480 e. The van der Waals surface area contributed by atoms with Crippen LogP contribution in [0.25, 0.3) is 0 Å². The van der Waals surface area contributed by atoms with Gasteiger partial charge in [-0.2, -0.15) is 0 Å². The van der Waals surface area contributed by atoms with Crippen molar-refractivity contribution in [1.82, 2.24) is 30.2 Å². The van der Waals surface area contributed by atoms with E-state index in [9.17, 15) is 44.1 Å². The maximum Gasteiger partial charge on any atom is 0.513 e. The standard InChI is InChI=1S/C50H86N6O22/c1-2-66-19-20-69-23-24-71-27-28-73-31-32-75-35-36-76-34-33-74-30-29-72-26-25-70-22-21-67-18-8-52-49(64)43-3-5-44(6-4-43)78-50(65)77-38-37-68-17-7-51-45(57)39-53-9-11-54(40-46(58)59)13-15-56(42-48(62)63)16-14-55(12-10-53)41-47(60)61/h3-6H,2,7-42H2,1H3,(H,51,57)(H,52,64)(H,58,59)(H,60,61)(H,62,63). The number of hydrogen-bond acceptors (Lipinski definition) is 23. The molecule has 0 saturated carbocycles. The number of nitrogens with zero attached hydrogens (tertiary/aromatic N) is 4. The van der Waals surface area contributed by atoms with Crippen molar-refractivity contribution in [1.29, 1.82) is 0 Å². The van der Waals surface area contributed by atoms with Gasteiger partial charge >= 0.3 is 24.1 Å². The molecule has 2 amide bonds. The number of amides is 2. The Labute approximate surface area is 456 Å². The Balaban J connectivity index is 1.42. The topological polar surface area (TPSA) is 320 Å². The second-order valence-electron chi connectivity index (χ2n) is 16.9. The van der Waals surface area contributed by atoms with Crippen molar-refractivity contribution in [2.75, 3.05) is 244 Å². The molecular weight excluding hydrogens is 1040 g/mol. The first kappa shape index (κ1) is 69.3. The van der Waals surface area contributed by atoms with Gasteiger partial charge in [0, 0.05) is 77.6 Å². The SMILES string of the molecule is CCOCCOCCOCCOCCOCCOCCOCCOCCOCCOCCNC(=O)c1ccc(OC(=O)OCCOCCNC(=O)CN2CCN(CC(=O)O)CCN(CC(=O)O)CCN(CC(=O)O)CC2)cc1. The summed E-state index contributed by atoms with van der Waals surface area (Å²) in [5.74, 6) is -3.64. The predicted molar refractivity (Wildman–Crippen MR) is 277 cm³/mol.